The lowest BCUT2D eigenvalue weighted by Crippen LogP contribution is -2.48. The summed E-state index contributed by atoms with van der Waals surface area (Å²) < 4.78 is 34.0. The zero-order chi connectivity index (χ0) is 27.6. The molecule has 2 aromatic heterocycles. The maximum atomic E-state index is 14.1. The maximum absolute atomic E-state index is 14.1. The van der Waals surface area contributed by atoms with E-state index in [-0.39, 0.29) is 23.0 Å². The van der Waals surface area contributed by atoms with E-state index in [4.69, 9.17) is 11.2 Å². The van der Waals surface area contributed by atoms with Crippen LogP contribution >= 0.6 is 11.3 Å². The summed E-state index contributed by atoms with van der Waals surface area (Å²) in [7, 11) is -2.08. The van der Waals surface area contributed by atoms with Crippen molar-refractivity contribution >= 4 is 27.3 Å². The van der Waals surface area contributed by atoms with Gasteiger partial charge in [0.1, 0.15) is 11.4 Å². The lowest BCUT2D eigenvalue weighted by molar-refractivity contribution is 0.0560. The molecule has 2 unspecified atom stereocenters. The maximum Gasteiger partial charge on any atom is 0.274 e. The highest BCUT2D eigenvalue weighted by Crippen LogP contribution is 2.41. The normalized spacial score (nSPS) is 19.2. The number of aromatic nitrogens is 2. The van der Waals surface area contributed by atoms with Crippen LogP contribution in [0.5, 0.6) is 5.75 Å². The number of terminal acetylenes is 1. The van der Waals surface area contributed by atoms with Gasteiger partial charge in [-0.15, -0.1) is 17.8 Å². The van der Waals surface area contributed by atoms with E-state index in [0.717, 1.165) is 61.0 Å². The largest absolute Gasteiger partial charge is 0.497 e. The Hall–Kier alpha value is -3.26. The molecule has 3 aromatic rings. The molecule has 0 saturated heterocycles. The highest BCUT2D eigenvalue weighted by atomic mass is 32.2. The number of carbonyl (C=O) groups is 1. The molecular weight excluding hydrogens is 532 g/mol. The number of rotatable bonds is 9. The van der Waals surface area contributed by atoms with Crippen molar-refractivity contribution in [1.82, 2.24) is 19.6 Å². The summed E-state index contributed by atoms with van der Waals surface area (Å²) in [6, 6.07) is 8.57. The Morgan fingerprint density at radius 2 is 2.10 bits per heavy atom. The van der Waals surface area contributed by atoms with Crippen molar-refractivity contribution in [3.63, 3.8) is 0 Å². The van der Waals surface area contributed by atoms with E-state index in [1.165, 1.54) is 17.4 Å². The number of hydrogen-bond donors (Lipinski definition) is 1. The fourth-order valence-electron chi connectivity index (χ4n) is 5.26. The smallest absolute Gasteiger partial charge is 0.274 e. The predicted octanol–water partition coefficient (Wildman–Crippen LogP) is 4.71. The monoisotopic (exact) mass is 564 g/mol. The Labute approximate surface area is 233 Å². The molecule has 10 heteroatoms. The molecular formula is C29H32N4O4S2. The van der Waals surface area contributed by atoms with Crippen molar-refractivity contribution in [3.8, 4) is 18.1 Å². The first-order chi connectivity index (χ1) is 18.8. The van der Waals surface area contributed by atoms with E-state index < -0.39 is 16.1 Å². The van der Waals surface area contributed by atoms with Gasteiger partial charge in [-0.3, -0.25) is 4.79 Å². The lowest BCUT2D eigenvalue weighted by Gasteiger charge is -2.43. The number of benzene rings is 1. The molecule has 5 rings (SSSR count). The number of nitrogens with zero attached hydrogens (tertiary/aromatic N) is 3. The molecule has 3 heterocycles. The van der Waals surface area contributed by atoms with Crippen LogP contribution in [-0.4, -0.2) is 48.4 Å². The molecule has 1 saturated carbocycles. The van der Waals surface area contributed by atoms with Crippen LogP contribution in [0.3, 0.4) is 0 Å². The number of ether oxygens (including phenoxy) is 1. The van der Waals surface area contributed by atoms with Crippen molar-refractivity contribution in [1.29, 1.82) is 0 Å². The molecule has 8 nitrogen and oxygen atoms in total. The fourth-order valence-corrected chi connectivity index (χ4v) is 7.09. The number of pyridine rings is 1. The van der Waals surface area contributed by atoms with Crippen molar-refractivity contribution in [2.45, 2.75) is 75.0 Å². The highest BCUT2D eigenvalue weighted by molar-refractivity contribution is 7.89. The van der Waals surface area contributed by atoms with Gasteiger partial charge in [0, 0.05) is 23.7 Å². The second-order valence-electron chi connectivity index (χ2n) is 10.0. The number of nitrogens with one attached hydrogen (secondary N) is 1. The zero-order valence-corrected chi connectivity index (χ0v) is 23.7. The minimum absolute atomic E-state index is 0.0255. The van der Waals surface area contributed by atoms with Crippen molar-refractivity contribution in [2.24, 2.45) is 0 Å². The van der Waals surface area contributed by atoms with E-state index in [9.17, 15) is 13.2 Å². The topological polar surface area (TPSA) is 101 Å². The van der Waals surface area contributed by atoms with Crippen molar-refractivity contribution in [3.05, 3.63) is 69.3 Å². The number of unbranched alkanes of at least 4 members (excludes halogenated alkanes) is 1. The van der Waals surface area contributed by atoms with Gasteiger partial charge in [0.25, 0.3) is 15.9 Å². The third-order valence-corrected chi connectivity index (χ3v) is 9.73. The van der Waals surface area contributed by atoms with Gasteiger partial charge in [-0.1, -0.05) is 38.3 Å². The van der Waals surface area contributed by atoms with Crippen molar-refractivity contribution in [2.75, 3.05) is 7.11 Å². The van der Waals surface area contributed by atoms with Crippen LogP contribution in [0.2, 0.25) is 0 Å². The van der Waals surface area contributed by atoms with Crippen LogP contribution in [0.4, 0.5) is 0 Å². The molecule has 0 bridgehead atoms. The summed E-state index contributed by atoms with van der Waals surface area (Å²) in [6.07, 6.45) is 13.2. The molecule has 0 spiro atoms. The average molecular weight is 565 g/mol. The first kappa shape index (κ1) is 27.3. The van der Waals surface area contributed by atoms with Crippen molar-refractivity contribution < 1.29 is 17.9 Å². The third kappa shape index (κ3) is 5.57. The molecule has 0 radical (unpaired) electrons. The van der Waals surface area contributed by atoms with E-state index in [0.29, 0.717) is 17.1 Å². The number of amides is 1. The van der Waals surface area contributed by atoms with E-state index in [1.54, 1.807) is 24.8 Å². The second kappa shape index (κ2) is 11.5. The van der Waals surface area contributed by atoms with E-state index in [2.05, 4.69) is 27.5 Å². The molecule has 204 valence electrons. The highest BCUT2D eigenvalue weighted by Gasteiger charge is 2.40. The SMILES string of the molecule is C#Cc1nc(C(=O)N2C(CCCC)Cc3cc(OC)ccc3C2c2ccc(S(=O)(=O)NC3CCC3)nc2)cs1. The Morgan fingerprint density at radius 1 is 1.28 bits per heavy atom. The quantitative estimate of drug-likeness (QED) is 0.378. The summed E-state index contributed by atoms with van der Waals surface area (Å²) in [5.41, 5.74) is 3.09. The summed E-state index contributed by atoms with van der Waals surface area (Å²) in [6.45, 7) is 2.13. The zero-order valence-electron chi connectivity index (χ0n) is 22.1. The molecule has 1 aromatic carbocycles. The molecule has 39 heavy (non-hydrogen) atoms. The predicted molar refractivity (Wildman–Crippen MR) is 150 cm³/mol. The van der Waals surface area contributed by atoms with Crippen LogP contribution in [-0.2, 0) is 16.4 Å². The number of hydrogen-bond acceptors (Lipinski definition) is 7. The molecule has 1 aliphatic heterocycles. The fraction of sp³-hybridized carbons (Fsp3) is 0.414. The minimum Gasteiger partial charge on any atom is -0.497 e. The van der Waals surface area contributed by atoms with Gasteiger partial charge in [0.05, 0.1) is 13.2 Å². The van der Waals surface area contributed by atoms with Gasteiger partial charge in [0.2, 0.25) is 0 Å². The summed E-state index contributed by atoms with van der Waals surface area (Å²) in [4.78, 5) is 24.7. The summed E-state index contributed by atoms with van der Waals surface area (Å²) in [5, 5.41) is 2.13. The van der Waals surface area contributed by atoms with E-state index >= 15 is 0 Å². The van der Waals surface area contributed by atoms with Gasteiger partial charge in [-0.05, 0) is 66.5 Å². The first-order valence-electron chi connectivity index (χ1n) is 13.2. The van der Waals surface area contributed by atoms with Crippen LogP contribution in [0.1, 0.15) is 83.7 Å². The molecule has 2 atom stereocenters. The Bertz CT molecular complexity index is 1490. The standard InChI is InChI=1S/C29H32N4O4S2/c1-4-6-10-22-15-20-16-23(37-3)12-13-24(20)28(33(22)29(34)25-18-38-26(5-2)31-25)19-11-14-27(30-17-19)39(35,36)32-21-8-7-9-21/h2,11-14,16-18,21-22,28,32H,4,6-10,15H2,1,3H3. The summed E-state index contributed by atoms with van der Waals surface area (Å²) in [5.74, 6) is 3.06. The van der Waals surface area contributed by atoms with Crippen LogP contribution in [0.25, 0.3) is 0 Å². The Kier molecular flexibility index (Phi) is 8.03. The third-order valence-electron chi connectivity index (χ3n) is 7.52. The minimum atomic E-state index is -3.72. The van der Waals surface area contributed by atoms with Gasteiger partial charge in [-0.25, -0.2) is 23.1 Å². The number of fused-ring (bicyclic) bond motifs is 1. The van der Waals surface area contributed by atoms with Crippen LogP contribution in [0.15, 0.2) is 46.9 Å². The van der Waals surface area contributed by atoms with Gasteiger partial charge in [-0.2, -0.15) is 0 Å². The molecule has 1 amide bonds. The lowest BCUT2D eigenvalue weighted by atomic mass is 9.83. The molecule has 1 aliphatic carbocycles. The molecule has 1 fully saturated rings. The number of thiazole rings is 1. The van der Waals surface area contributed by atoms with Crippen LogP contribution < -0.4 is 9.46 Å². The first-order valence-corrected chi connectivity index (χ1v) is 15.6. The van der Waals surface area contributed by atoms with E-state index in [1.807, 2.05) is 23.1 Å². The summed E-state index contributed by atoms with van der Waals surface area (Å²) >= 11 is 1.27. The van der Waals surface area contributed by atoms with Gasteiger partial charge < -0.3 is 9.64 Å². The molecule has 1 N–H and O–H groups in total. The molecule has 2 aliphatic rings. The van der Waals surface area contributed by atoms with Crippen LogP contribution in [0, 0.1) is 12.3 Å². The van der Waals surface area contributed by atoms with Gasteiger partial charge in [0.15, 0.2) is 10.0 Å². The average Bonchev–Trinajstić information content (AvgIpc) is 3.42. The second-order valence-corrected chi connectivity index (χ2v) is 12.6. The number of carbonyl (C=O) groups excluding carboxylic acids is 1. The Balaban J connectivity index is 1.58. The Morgan fingerprint density at radius 3 is 2.72 bits per heavy atom. The number of methoxy groups -OCH3 is 1. The van der Waals surface area contributed by atoms with Gasteiger partial charge >= 0.3 is 0 Å². The number of sulfonamides is 1.